The van der Waals surface area contributed by atoms with Gasteiger partial charge in [-0.3, -0.25) is 4.79 Å². The Morgan fingerprint density at radius 3 is 2.19 bits per heavy atom. The topological polar surface area (TPSA) is 111 Å². The van der Waals surface area contributed by atoms with Gasteiger partial charge < -0.3 is 14.8 Å². The molecule has 0 aliphatic carbocycles. The summed E-state index contributed by atoms with van der Waals surface area (Å²) < 4.78 is 64.1. The highest BCUT2D eigenvalue weighted by molar-refractivity contribution is 7.89. The van der Waals surface area contributed by atoms with Crippen LogP contribution in [0.1, 0.15) is 31.1 Å². The van der Waals surface area contributed by atoms with Crippen LogP contribution in [-0.4, -0.2) is 39.5 Å². The number of methoxy groups -OCH3 is 1. The number of rotatable bonds is 7. The van der Waals surface area contributed by atoms with Crippen molar-refractivity contribution in [2.45, 2.75) is 31.2 Å². The van der Waals surface area contributed by atoms with Crippen LogP contribution in [0.5, 0.6) is 5.75 Å². The number of benzene rings is 2. The first kappa shape index (κ1) is 24.2. The van der Waals surface area contributed by atoms with E-state index < -0.39 is 45.7 Å². The predicted octanol–water partition coefficient (Wildman–Crippen LogP) is 2.85. The molecule has 168 valence electrons. The highest BCUT2D eigenvalue weighted by atomic mass is 32.2. The molecule has 0 saturated carbocycles. The number of carbonyl (C=O) groups excluding carboxylic acids is 2. The first-order valence-electron chi connectivity index (χ1n) is 8.96. The Bertz CT molecular complexity index is 1080. The van der Waals surface area contributed by atoms with Gasteiger partial charge in [0.15, 0.2) is 6.61 Å². The molecule has 0 heterocycles. The summed E-state index contributed by atoms with van der Waals surface area (Å²) >= 11 is 0. The lowest BCUT2D eigenvalue weighted by molar-refractivity contribution is -0.119. The van der Waals surface area contributed by atoms with Crippen LogP contribution in [0.3, 0.4) is 0 Å². The van der Waals surface area contributed by atoms with Crippen LogP contribution in [0.15, 0.2) is 41.3 Å². The molecule has 2 aromatic rings. The van der Waals surface area contributed by atoms with Crippen LogP contribution in [0.4, 0.5) is 14.5 Å². The summed E-state index contributed by atoms with van der Waals surface area (Å²) in [6.07, 6.45) is 0. The summed E-state index contributed by atoms with van der Waals surface area (Å²) in [5.74, 6) is -3.57. The molecule has 1 amide bonds. The molecule has 11 heteroatoms. The SMILES string of the molecule is COc1ccc(C(=O)OCC(=O)Nc2cc(F)cc(F)c2)cc1S(=O)(=O)NC(C)(C)C. The van der Waals surface area contributed by atoms with Crippen molar-refractivity contribution in [3.8, 4) is 5.75 Å². The zero-order chi connectivity index (χ0) is 23.4. The van der Waals surface area contributed by atoms with Crippen LogP contribution < -0.4 is 14.8 Å². The van der Waals surface area contributed by atoms with Gasteiger partial charge in [-0.2, -0.15) is 0 Å². The number of sulfonamides is 1. The van der Waals surface area contributed by atoms with E-state index >= 15 is 0 Å². The maximum atomic E-state index is 13.2. The highest BCUT2D eigenvalue weighted by Gasteiger charge is 2.26. The summed E-state index contributed by atoms with van der Waals surface area (Å²) in [6, 6.07) is 6.05. The number of halogens is 2. The van der Waals surface area contributed by atoms with Gasteiger partial charge in [0.1, 0.15) is 22.3 Å². The average Bonchev–Trinajstić information content (AvgIpc) is 2.62. The molecule has 0 aliphatic rings. The standard InChI is InChI=1S/C20H22F2N2O6S/c1-20(2,3)24-31(27,28)17-7-12(5-6-16(17)29-4)19(26)30-11-18(25)23-15-9-13(21)8-14(22)10-15/h5-10,24H,11H2,1-4H3,(H,23,25). The zero-order valence-corrected chi connectivity index (χ0v) is 18.1. The molecule has 0 saturated heterocycles. The minimum Gasteiger partial charge on any atom is -0.495 e. The Morgan fingerprint density at radius 1 is 1.03 bits per heavy atom. The quantitative estimate of drug-likeness (QED) is 0.620. The van der Waals surface area contributed by atoms with E-state index in [0.29, 0.717) is 6.07 Å². The van der Waals surface area contributed by atoms with E-state index in [1.54, 1.807) is 20.8 Å². The van der Waals surface area contributed by atoms with Crippen molar-refractivity contribution in [2.24, 2.45) is 0 Å². The van der Waals surface area contributed by atoms with Crippen molar-refractivity contribution in [1.82, 2.24) is 4.72 Å². The molecule has 2 aromatic carbocycles. The number of ether oxygens (including phenoxy) is 2. The van der Waals surface area contributed by atoms with E-state index in [1.165, 1.54) is 19.2 Å². The van der Waals surface area contributed by atoms with Crippen LogP contribution in [0.2, 0.25) is 0 Å². The number of nitrogens with one attached hydrogen (secondary N) is 2. The third-order valence-corrected chi connectivity index (χ3v) is 5.39. The maximum absolute atomic E-state index is 13.2. The lowest BCUT2D eigenvalue weighted by Gasteiger charge is -2.21. The van der Waals surface area contributed by atoms with Crippen molar-refractivity contribution in [1.29, 1.82) is 0 Å². The van der Waals surface area contributed by atoms with Crippen molar-refractivity contribution >= 4 is 27.6 Å². The third kappa shape index (κ3) is 7.00. The molecule has 8 nitrogen and oxygen atoms in total. The Kier molecular flexibility index (Phi) is 7.34. The first-order chi connectivity index (χ1) is 14.3. The number of anilines is 1. The second-order valence-corrected chi connectivity index (χ2v) is 9.15. The monoisotopic (exact) mass is 456 g/mol. The predicted molar refractivity (Wildman–Crippen MR) is 108 cm³/mol. The van der Waals surface area contributed by atoms with E-state index in [0.717, 1.165) is 18.2 Å². The Hall–Kier alpha value is -3.05. The van der Waals surface area contributed by atoms with Crippen molar-refractivity contribution in [2.75, 3.05) is 19.0 Å². The second kappa shape index (κ2) is 9.40. The molecule has 0 spiro atoms. The number of amides is 1. The minimum atomic E-state index is -4.03. The summed E-state index contributed by atoms with van der Waals surface area (Å²) in [5.41, 5.74) is -1.07. The van der Waals surface area contributed by atoms with Gasteiger partial charge in [-0.05, 0) is 51.1 Å². The smallest absolute Gasteiger partial charge is 0.338 e. The molecule has 31 heavy (non-hydrogen) atoms. The number of carbonyl (C=O) groups is 2. The molecule has 0 aliphatic heterocycles. The van der Waals surface area contributed by atoms with E-state index in [4.69, 9.17) is 9.47 Å². The van der Waals surface area contributed by atoms with E-state index in [1.807, 2.05) is 0 Å². The van der Waals surface area contributed by atoms with Crippen LogP contribution in [-0.2, 0) is 19.6 Å². The lowest BCUT2D eigenvalue weighted by atomic mass is 10.1. The fraction of sp³-hybridized carbons (Fsp3) is 0.300. The molecular weight excluding hydrogens is 434 g/mol. The molecule has 2 N–H and O–H groups in total. The normalized spacial score (nSPS) is 11.7. The van der Waals surface area contributed by atoms with Crippen LogP contribution >= 0.6 is 0 Å². The van der Waals surface area contributed by atoms with Gasteiger partial charge in [-0.1, -0.05) is 0 Å². The molecule has 0 atom stereocenters. The Balaban J connectivity index is 2.14. The second-order valence-electron chi connectivity index (χ2n) is 7.50. The summed E-state index contributed by atoms with van der Waals surface area (Å²) in [5, 5.41) is 2.19. The van der Waals surface area contributed by atoms with Gasteiger partial charge in [0.25, 0.3) is 5.91 Å². The molecule has 0 radical (unpaired) electrons. The molecular formula is C20H22F2N2O6S. The molecule has 0 fully saturated rings. The van der Waals surface area contributed by atoms with Gasteiger partial charge in [0.2, 0.25) is 10.0 Å². The highest BCUT2D eigenvalue weighted by Crippen LogP contribution is 2.26. The van der Waals surface area contributed by atoms with Gasteiger partial charge >= 0.3 is 5.97 Å². The number of hydrogen-bond acceptors (Lipinski definition) is 6. The Morgan fingerprint density at radius 2 is 1.65 bits per heavy atom. The fourth-order valence-corrected chi connectivity index (χ4v) is 4.12. The van der Waals surface area contributed by atoms with Crippen molar-refractivity contribution < 1.29 is 36.3 Å². The summed E-state index contributed by atoms with van der Waals surface area (Å²) in [6.45, 7) is 4.19. The molecule has 0 bridgehead atoms. The van der Waals surface area contributed by atoms with Crippen LogP contribution in [0.25, 0.3) is 0 Å². The van der Waals surface area contributed by atoms with E-state index in [-0.39, 0.29) is 21.9 Å². The maximum Gasteiger partial charge on any atom is 0.338 e. The number of hydrogen-bond donors (Lipinski definition) is 2. The Labute approximate surface area is 178 Å². The minimum absolute atomic E-state index is 0.0131. The lowest BCUT2D eigenvalue weighted by Crippen LogP contribution is -2.40. The number of esters is 1. The van der Waals surface area contributed by atoms with Gasteiger partial charge in [0, 0.05) is 17.3 Å². The third-order valence-electron chi connectivity index (χ3n) is 3.61. The average molecular weight is 456 g/mol. The molecule has 0 unspecified atom stereocenters. The van der Waals surface area contributed by atoms with Crippen molar-refractivity contribution in [3.63, 3.8) is 0 Å². The summed E-state index contributed by atoms with van der Waals surface area (Å²) in [7, 11) is -2.75. The van der Waals surface area contributed by atoms with E-state index in [2.05, 4.69) is 10.0 Å². The largest absolute Gasteiger partial charge is 0.495 e. The zero-order valence-electron chi connectivity index (χ0n) is 17.3. The molecule has 2 rings (SSSR count). The van der Waals surface area contributed by atoms with Gasteiger partial charge in [0.05, 0.1) is 12.7 Å². The van der Waals surface area contributed by atoms with Gasteiger partial charge in [-0.25, -0.2) is 26.7 Å². The van der Waals surface area contributed by atoms with Crippen LogP contribution in [0, 0.1) is 11.6 Å². The van der Waals surface area contributed by atoms with Gasteiger partial charge in [-0.15, -0.1) is 0 Å². The first-order valence-corrected chi connectivity index (χ1v) is 10.4. The fourth-order valence-electron chi connectivity index (χ4n) is 2.51. The van der Waals surface area contributed by atoms with Crippen molar-refractivity contribution in [3.05, 3.63) is 53.6 Å². The van der Waals surface area contributed by atoms with E-state index in [9.17, 15) is 26.8 Å². The summed E-state index contributed by atoms with van der Waals surface area (Å²) in [4.78, 5) is 23.9. The molecule has 0 aromatic heterocycles.